The van der Waals surface area contributed by atoms with Crippen LogP contribution in [0.15, 0.2) is 0 Å². The van der Waals surface area contributed by atoms with E-state index in [2.05, 4.69) is 12.2 Å². The van der Waals surface area contributed by atoms with Gasteiger partial charge in [0.05, 0.1) is 6.61 Å². The van der Waals surface area contributed by atoms with Crippen molar-refractivity contribution in [1.82, 2.24) is 5.32 Å². The Hall–Kier alpha value is -0.0800. The van der Waals surface area contributed by atoms with Crippen LogP contribution in [0.1, 0.15) is 19.8 Å². The first kappa shape index (κ1) is 8.02. The smallest absolute Gasteiger partial charge is 0.0507 e. The molecule has 0 amide bonds. The third-order valence-electron chi connectivity index (χ3n) is 1.88. The zero-order valence-corrected chi connectivity index (χ0v) is 6.73. The van der Waals surface area contributed by atoms with E-state index in [0.29, 0.717) is 0 Å². The molecule has 0 bridgehead atoms. The molecule has 1 heterocycles. The third kappa shape index (κ3) is 2.67. The molecular weight excluding hydrogens is 126 g/mol. The summed E-state index contributed by atoms with van der Waals surface area (Å²) in [5, 5.41) is 3.40. The molecule has 0 aliphatic carbocycles. The summed E-state index contributed by atoms with van der Waals surface area (Å²) in [6.45, 7) is 6.43. The van der Waals surface area contributed by atoms with Crippen LogP contribution < -0.4 is 5.32 Å². The monoisotopic (exact) mass is 143 g/mol. The average molecular weight is 143 g/mol. The number of ether oxygens (including phenoxy) is 1. The number of hydrogen-bond donors (Lipinski definition) is 1. The second kappa shape index (κ2) is 4.69. The highest BCUT2D eigenvalue weighted by molar-refractivity contribution is 4.65. The first-order chi connectivity index (χ1) is 4.93. The van der Waals surface area contributed by atoms with Crippen LogP contribution in [0.5, 0.6) is 0 Å². The Labute approximate surface area is 63.0 Å². The maximum absolute atomic E-state index is 5.25. The van der Waals surface area contributed by atoms with Crippen LogP contribution in [0.4, 0.5) is 0 Å². The molecule has 1 fully saturated rings. The van der Waals surface area contributed by atoms with Crippen molar-refractivity contribution in [2.45, 2.75) is 19.8 Å². The van der Waals surface area contributed by atoms with Gasteiger partial charge in [-0.25, -0.2) is 0 Å². The fourth-order valence-corrected chi connectivity index (χ4v) is 1.23. The minimum absolute atomic E-state index is 0.784. The Morgan fingerprint density at radius 3 is 3.10 bits per heavy atom. The SMILES string of the molecule is CCCNCC1CCOC1. The van der Waals surface area contributed by atoms with Crippen LogP contribution in [-0.4, -0.2) is 26.3 Å². The minimum Gasteiger partial charge on any atom is -0.381 e. The first-order valence-corrected chi connectivity index (χ1v) is 4.22. The summed E-state index contributed by atoms with van der Waals surface area (Å²) in [5.41, 5.74) is 0. The molecule has 2 heteroatoms. The van der Waals surface area contributed by atoms with Gasteiger partial charge < -0.3 is 10.1 Å². The second-order valence-corrected chi connectivity index (χ2v) is 2.93. The lowest BCUT2D eigenvalue weighted by Gasteiger charge is -2.07. The predicted molar refractivity (Wildman–Crippen MR) is 42.1 cm³/mol. The molecule has 1 saturated heterocycles. The molecule has 0 radical (unpaired) electrons. The lowest BCUT2D eigenvalue weighted by atomic mass is 10.1. The van der Waals surface area contributed by atoms with E-state index in [1.165, 1.54) is 12.8 Å². The molecule has 1 unspecified atom stereocenters. The number of nitrogens with one attached hydrogen (secondary N) is 1. The van der Waals surface area contributed by atoms with Gasteiger partial charge in [-0.05, 0) is 25.3 Å². The molecule has 1 N–H and O–H groups in total. The van der Waals surface area contributed by atoms with E-state index in [-0.39, 0.29) is 0 Å². The molecular formula is C8H17NO. The Kier molecular flexibility index (Phi) is 3.76. The highest BCUT2D eigenvalue weighted by Crippen LogP contribution is 2.10. The van der Waals surface area contributed by atoms with Crippen molar-refractivity contribution in [3.8, 4) is 0 Å². The van der Waals surface area contributed by atoms with Gasteiger partial charge in [0.1, 0.15) is 0 Å². The summed E-state index contributed by atoms with van der Waals surface area (Å²) in [4.78, 5) is 0. The normalized spacial score (nSPS) is 25.5. The Morgan fingerprint density at radius 1 is 1.60 bits per heavy atom. The zero-order valence-electron chi connectivity index (χ0n) is 6.73. The van der Waals surface area contributed by atoms with Gasteiger partial charge in [-0.15, -0.1) is 0 Å². The second-order valence-electron chi connectivity index (χ2n) is 2.93. The van der Waals surface area contributed by atoms with Crippen molar-refractivity contribution < 1.29 is 4.74 Å². The van der Waals surface area contributed by atoms with E-state index in [1.807, 2.05) is 0 Å². The van der Waals surface area contributed by atoms with E-state index < -0.39 is 0 Å². The minimum atomic E-state index is 0.784. The van der Waals surface area contributed by atoms with Crippen molar-refractivity contribution in [2.75, 3.05) is 26.3 Å². The van der Waals surface area contributed by atoms with Crippen LogP contribution in [0.25, 0.3) is 0 Å². The fraction of sp³-hybridized carbons (Fsp3) is 1.00. The molecule has 1 rings (SSSR count). The predicted octanol–water partition coefficient (Wildman–Crippen LogP) is 1.02. The topological polar surface area (TPSA) is 21.3 Å². The largest absolute Gasteiger partial charge is 0.381 e. The Morgan fingerprint density at radius 2 is 2.50 bits per heavy atom. The van der Waals surface area contributed by atoms with Gasteiger partial charge in [0, 0.05) is 13.2 Å². The van der Waals surface area contributed by atoms with Crippen molar-refractivity contribution in [2.24, 2.45) is 5.92 Å². The maximum Gasteiger partial charge on any atom is 0.0507 e. The van der Waals surface area contributed by atoms with E-state index in [4.69, 9.17) is 4.74 Å². The molecule has 0 saturated carbocycles. The summed E-state index contributed by atoms with van der Waals surface area (Å²) in [6.07, 6.45) is 2.48. The van der Waals surface area contributed by atoms with Crippen molar-refractivity contribution in [1.29, 1.82) is 0 Å². The van der Waals surface area contributed by atoms with Crippen LogP contribution in [0.2, 0.25) is 0 Å². The van der Waals surface area contributed by atoms with Crippen LogP contribution in [0, 0.1) is 5.92 Å². The van der Waals surface area contributed by atoms with E-state index in [0.717, 1.165) is 32.2 Å². The van der Waals surface area contributed by atoms with Crippen molar-refractivity contribution in [3.05, 3.63) is 0 Å². The third-order valence-corrected chi connectivity index (χ3v) is 1.88. The zero-order chi connectivity index (χ0) is 7.23. The van der Waals surface area contributed by atoms with Crippen molar-refractivity contribution in [3.63, 3.8) is 0 Å². The lowest BCUT2D eigenvalue weighted by molar-refractivity contribution is 0.185. The highest BCUT2D eigenvalue weighted by atomic mass is 16.5. The van der Waals surface area contributed by atoms with Gasteiger partial charge in [0.15, 0.2) is 0 Å². The summed E-state index contributed by atoms with van der Waals surface area (Å²) in [6, 6.07) is 0. The Bertz CT molecular complexity index is 79.3. The lowest BCUT2D eigenvalue weighted by Crippen LogP contribution is -2.23. The molecule has 1 atom stereocenters. The summed E-state index contributed by atoms with van der Waals surface area (Å²) >= 11 is 0. The summed E-state index contributed by atoms with van der Waals surface area (Å²) in [5.74, 6) is 0.784. The van der Waals surface area contributed by atoms with Crippen LogP contribution >= 0.6 is 0 Å². The number of rotatable bonds is 4. The van der Waals surface area contributed by atoms with E-state index >= 15 is 0 Å². The van der Waals surface area contributed by atoms with Gasteiger partial charge in [0.2, 0.25) is 0 Å². The van der Waals surface area contributed by atoms with E-state index in [1.54, 1.807) is 0 Å². The Balaban J connectivity index is 1.91. The van der Waals surface area contributed by atoms with Gasteiger partial charge >= 0.3 is 0 Å². The summed E-state index contributed by atoms with van der Waals surface area (Å²) in [7, 11) is 0. The van der Waals surface area contributed by atoms with Crippen LogP contribution in [-0.2, 0) is 4.74 Å². The maximum atomic E-state index is 5.25. The molecule has 0 aromatic rings. The van der Waals surface area contributed by atoms with Gasteiger partial charge in [-0.3, -0.25) is 0 Å². The van der Waals surface area contributed by atoms with Crippen LogP contribution in [0.3, 0.4) is 0 Å². The molecule has 0 aromatic heterocycles. The molecule has 2 nitrogen and oxygen atoms in total. The first-order valence-electron chi connectivity index (χ1n) is 4.22. The molecule has 1 aliphatic rings. The molecule has 60 valence electrons. The van der Waals surface area contributed by atoms with Gasteiger partial charge in [-0.1, -0.05) is 6.92 Å². The highest BCUT2D eigenvalue weighted by Gasteiger charge is 2.13. The molecule has 0 spiro atoms. The van der Waals surface area contributed by atoms with E-state index in [9.17, 15) is 0 Å². The standard InChI is InChI=1S/C8H17NO/c1-2-4-9-6-8-3-5-10-7-8/h8-9H,2-7H2,1H3. The quantitative estimate of drug-likeness (QED) is 0.593. The van der Waals surface area contributed by atoms with Gasteiger partial charge in [0.25, 0.3) is 0 Å². The summed E-state index contributed by atoms with van der Waals surface area (Å²) < 4.78 is 5.25. The fourth-order valence-electron chi connectivity index (χ4n) is 1.23. The van der Waals surface area contributed by atoms with Crippen molar-refractivity contribution >= 4 is 0 Å². The molecule has 10 heavy (non-hydrogen) atoms. The molecule has 1 aliphatic heterocycles. The molecule has 0 aromatic carbocycles. The number of hydrogen-bond acceptors (Lipinski definition) is 2. The average Bonchev–Trinajstić information content (AvgIpc) is 2.41. The van der Waals surface area contributed by atoms with Gasteiger partial charge in [-0.2, -0.15) is 0 Å².